The summed E-state index contributed by atoms with van der Waals surface area (Å²) in [6, 6.07) is 14.2. The Hall–Kier alpha value is -3.18. The second-order valence-corrected chi connectivity index (χ2v) is 4.06. The molecule has 98 valence electrons. The van der Waals surface area contributed by atoms with Gasteiger partial charge in [-0.3, -0.25) is 0 Å². The molecule has 2 aromatic rings. The van der Waals surface area contributed by atoms with E-state index >= 15 is 0 Å². The second kappa shape index (κ2) is 5.64. The number of nitrogens with one attached hydrogen (secondary N) is 1. The smallest absolute Gasteiger partial charge is 0.121 e. The van der Waals surface area contributed by atoms with Gasteiger partial charge in [0.25, 0.3) is 0 Å². The lowest BCUT2D eigenvalue weighted by Gasteiger charge is -2.11. The maximum Gasteiger partial charge on any atom is 0.121 e. The Balaban J connectivity index is 2.31. The minimum Gasteiger partial charge on any atom is -0.497 e. The monoisotopic (exact) mass is 264 g/mol. The number of nitriles is 2. The highest BCUT2D eigenvalue weighted by Gasteiger charge is 2.05. The highest BCUT2D eigenvalue weighted by Crippen LogP contribution is 2.27. The van der Waals surface area contributed by atoms with Crippen molar-refractivity contribution in [1.82, 2.24) is 0 Å². The molecule has 2 rings (SSSR count). The second-order valence-electron chi connectivity index (χ2n) is 4.06. The van der Waals surface area contributed by atoms with E-state index in [1.165, 1.54) is 0 Å². The molecule has 0 aliphatic heterocycles. The first-order chi connectivity index (χ1) is 9.67. The third-order valence-electron chi connectivity index (χ3n) is 2.80. The van der Waals surface area contributed by atoms with Crippen LogP contribution in [0.25, 0.3) is 0 Å². The number of nitrogens with two attached hydrogens (primary N) is 1. The summed E-state index contributed by atoms with van der Waals surface area (Å²) in [5.41, 5.74) is 8.52. The van der Waals surface area contributed by atoms with Crippen molar-refractivity contribution in [3.63, 3.8) is 0 Å². The molecular formula is C15H12N4O. The van der Waals surface area contributed by atoms with E-state index < -0.39 is 0 Å². The van der Waals surface area contributed by atoms with Crippen LogP contribution in [-0.4, -0.2) is 7.11 Å². The van der Waals surface area contributed by atoms with Crippen LogP contribution < -0.4 is 15.8 Å². The van der Waals surface area contributed by atoms with Crippen molar-refractivity contribution in [2.75, 3.05) is 18.2 Å². The summed E-state index contributed by atoms with van der Waals surface area (Å²) in [5.74, 6) is 0.672. The molecule has 20 heavy (non-hydrogen) atoms. The molecule has 0 aliphatic carbocycles. The first-order valence-electron chi connectivity index (χ1n) is 5.82. The van der Waals surface area contributed by atoms with Gasteiger partial charge in [0.2, 0.25) is 0 Å². The first kappa shape index (κ1) is 13.3. The van der Waals surface area contributed by atoms with Crippen LogP contribution in [0.2, 0.25) is 0 Å². The molecule has 0 heterocycles. The molecule has 2 aromatic carbocycles. The van der Waals surface area contributed by atoms with Crippen LogP contribution in [0.5, 0.6) is 5.75 Å². The maximum atomic E-state index is 8.99. The van der Waals surface area contributed by atoms with Crippen LogP contribution in [0.4, 0.5) is 17.1 Å². The highest BCUT2D eigenvalue weighted by atomic mass is 16.5. The molecule has 0 saturated carbocycles. The number of anilines is 3. The van der Waals surface area contributed by atoms with Gasteiger partial charge in [0.15, 0.2) is 0 Å². The number of ether oxygens (including phenoxy) is 1. The van der Waals surface area contributed by atoms with E-state index in [9.17, 15) is 0 Å². The van der Waals surface area contributed by atoms with Crippen molar-refractivity contribution in [2.45, 2.75) is 0 Å². The Morgan fingerprint density at radius 3 is 2.40 bits per heavy atom. The summed E-state index contributed by atoms with van der Waals surface area (Å²) in [6.07, 6.45) is 0. The molecular weight excluding hydrogens is 252 g/mol. The number of hydrogen-bond donors (Lipinski definition) is 2. The van der Waals surface area contributed by atoms with Gasteiger partial charge < -0.3 is 15.8 Å². The summed E-state index contributed by atoms with van der Waals surface area (Å²) in [5, 5.41) is 21.0. The number of nitrogens with zero attached hydrogens (tertiary/aromatic N) is 2. The van der Waals surface area contributed by atoms with Crippen LogP contribution in [0.15, 0.2) is 36.4 Å². The summed E-state index contributed by atoms with van der Waals surface area (Å²) in [6.45, 7) is 0. The Labute approximate surface area is 116 Å². The molecule has 0 saturated heterocycles. The van der Waals surface area contributed by atoms with Gasteiger partial charge >= 0.3 is 0 Å². The van der Waals surface area contributed by atoms with Crippen molar-refractivity contribution >= 4 is 17.1 Å². The molecule has 0 aromatic heterocycles. The Morgan fingerprint density at radius 1 is 1.05 bits per heavy atom. The summed E-state index contributed by atoms with van der Waals surface area (Å²) < 4.78 is 5.08. The van der Waals surface area contributed by atoms with Crippen molar-refractivity contribution < 1.29 is 4.74 Å². The fraction of sp³-hybridized carbons (Fsp3) is 0.0667. The summed E-state index contributed by atoms with van der Waals surface area (Å²) in [4.78, 5) is 0. The van der Waals surface area contributed by atoms with Crippen LogP contribution in [0.3, 0.4) is 0 Å². The lowest BCUT2D eigenvalue weighted by atomic mass is 10.1. The number of nitrogen functional groups attached to an aromatic ring is 1. The van der Waals surface area contributed by atoms with E-state index in [0.29, 0.717) is 33.9 Å². The molecule has 3 N–H and O–H groups in total. The average Bonchev–Trinajstić information content (AvgIpc) is 2.49. The molecule has 0 amide bonds. The molecule has 0 spiro atoms. The van der Waals surface area contributed by atoms with E-state index in [-0.39, 0.29) is 0 Å². The van der Waals surface area contributed by atoms with E-state index in [1.54, 1.807) is 43.5 Å². The molecule has 5 nitrogen and oxygen atoms in total. The quantitative estimate of drug-likeness (QED) is 0.831. The molecule has 0 aliphatic rings. The fourth-order valence-corrected chi connectivity index (χ4v) is 1.75. The lowest BCUT2D eigenvalue weighted by Crippen LogP contribution is -1.98. The highest BCUT2D eigenvalue weighted by molar-refractivity contribution is 5.74. The van der Waals surface area contributed by atoms with E-state index in [2.05, 4.69) is 5.32 Å². The van der Waals surface area contributed by atoms with Crippen molar-refractivity contribution in [2.24, 2.45) is 0 Å². The largest absolute Gasteiger partial charge is 0.497 e. The Bertz CT molecular complexity index is 726. The van der Waals surface area contributed by atoms with Gasteiger partial charge in [-0.2, -0.15) is 10.5 Å². The zero-order valence-corrected chi connectivity index (χ0v) is 10.8. The zero-order valence-electron chi connectivity index (χ0n) is 10.8. The van der Waals surface area contributed by atoms with E-state index in [1.807, 2.05) is 12.1 Å². The van der Waals surface area contributed by atoms with Crippen molar-refractivity contribution in [1.29, 1.82) is 10.5 Å². The zero-order chi connectivity index (χ0) is 14.5. The average molecular weight is 264 g/mol. The predicted molar refractivity (Wildman–Crippen MR) is 76.6 cm³/mol. The van der Waals surface area contributed by atoms with Gasteiger partial charge in [-0.15, -0.1) is 0 Å². The topological polar surface area (TPSA) is 94.9 Å². The van der Waals surface area contributed by atoms with Gasteiger partial charge in [-0.25, -0.2) is 0 Å². The summed E-state index contributed by atoms with van der Waals surface area (Å²) >= 11 is 0. The molecule has 0 radical (unpaired) electrons. The summed E-state index contributed by atoms with van der Waals surface area (Å²) in [7, 11) is 1.57. The number of hydrogen-bond acceptors (Lipinski definition) is 5. The standard InChI is InChI=1S/C15H12N4O/c1-20-13-4-5-15(14(18)7-13)19-12-3-2-10(8-16)11(6-12)9-17/h2-7,19H,18H2,1H3. The Morgan fingerprint density at radius 2 is 1.80 bits per heavy atom. The maximum absolute atomic E-state index is 8.99. The van der Waals surface area contributed by atoms with Crippen molar-refractivity contribution in [3.8, 4) is 17.9 Å². The van der Waals surface area contributed by atoms with Gasteiger partial charge in [-0.1, -0.05) is 0 Å². The minimum atomic E-state index is 0.324. The van der Waals surface area contributed by atoms with Crippen LogP contribution >= 0.6 is 0 Å². The normalized spacial score (nSPS) is 9.35. The van der Waals surface area contributed by atoms with Gasteiger partial charge in [-0.05, 0) is 30.3 Å². The number of benzene rings is 2. The third-order valence-corrected chi connectivity index (χ3v) is 2.80. The van der Waals surface area contributed by atoms with E-state index in [0.717, 1.165) is 0 Å². The number of methoxy groups -OCH3 is 1. The van der Waals surface area contributed by atoms with Gasteiger partial charge in [0.05, 0.1) is 29.6 Å². The van der Waals surface area contributed by atoms with Crippen LogP contribution in [-0.2, 0) is 0 Å². The molecule has 0 fully saturated rings. The Kier molecular flexibility index (Phi) is 3.74. The molecule has 0 atom stereocenters. The van der Waals surface area contributed by atoms with Crippen LogP contribution in [0.1, 0.15) is 11.1 Å². The lowest BCUT2D eigenvalue weighted by molar-refractivity contribution is 0.415. The van der Waals surface area contributed by atoms with E-state index in [4.69, 9.17) is 21.0 Å². The third kappa shape index (κ3) is 2.63. The van der Waals surface area contributed by atoms with Gasteiger partial charge in [0, 0.05) is 11.8 Å². The molecule has 0 bridgehead atoms. The SMILES string of the molecule is COc1ccc(Nc2ccc(C#N)c(C#N)c2)c(N)c1. The van der Waals surface area contributed by atoms with Crippen LogP contribution in [0, 0.1) is 22.7 Å². The first-order valence-corrected chi connectivity index (χ1v) is 5.82. The van der Waals surface area contributed by atoms with Crippen molar-refractivity contribution in [3.05, 3.63) is 47.5 Å². The number of rotatable bonds is 3. The predicted octanol–water partition coefficient (Wildman–Crippen LogP) is 2.76. The molecule has 5 heteroatoms. The minimum absolute atomic E-state index is 0.324. The molecule has 0 unspecified atom stereocenters. The fourth-order valence-electron chi connectivity index (χ4n) is 1.75. The van der Waals surface area contributed by atoms with Gasteiger partial charge in [0.1, 0.15) is 17.9 Å².